The molecule has 1 atom stereocenters. The zero-order valence-corrected chi connectivity index (χ0v) is 12.9. The third kappa shape index (κ3) is 4.49. The lowest BCUT2D eigenvalue weighted by Crippen LogP contribution is -2.48. The van der Waals surface area contributed by atoms with Crippen LogP contribution in [0.2, 0.25) is 0 Å². The van der Waals surface area contributed by atoms with Gasteiger partial charge in [0.1, 0.15) is 12.2 Å². The van der Waals surface area contributed by atoms with Crippen LogP contribution in [0.25, 0.3) is 0 Å². The van der Waals surface area contributed by atoms with Gasteiger partial charge in [0.05, 0.1) is 5.92 Å². The number of hydrogen-bond acceptors (Lipinski definition) is 2. The Morgan fingerprint density at radius 2 is 2.17 bits per heavy atom. The first-order chi connectivity index (χ1) is 10.8. The first-order valence-corrected chi connectivity index (χ1v) is 7.60. The van der Waals surface area contributed by atoms with Gasteiger partial charge < -0.3 is 14.8 Å². The van der Waals surface area contributed by atoms with Crippen LogP contribution in [-0.2, 0) is 4.79 Å². The Labute approximate surface area is 132 Å². The van der Waals surface area contributed by atoms with Crippen molar-refractivity contribution in [3.05, 3.63) is 24.0 Å². The summed E-state index contributed by atoms with van der Waals surface area (Å²) in [6.45, 7) is 0.940. The van der Waals surface area contributed by atoms with Gasteiger partial charge in [0.2, 0.25) is 5.91 Å². The topological polar surface area (TPSA) is 56.4 Å². The van der Waals surface area contributed by atoms with E-state index in [0.717, 1.165) is 4.90 Å². The molecule has 2 heterocycles. The van der Waals surface area contributed by atoms with E-state index in [1.54, 1.807) is 18.3 Å². The van der Waals surface area contributed by atoms with E-state index in [1.165, 1.54) is 11.8 Å². The average Bonchev–Trinajstić information content (AvgIpc) is 3.05. The van der Waals surface area contributed by atoms with E-state index < -0.39 is 24.5 Å². The van der Waals surface area contributed by atoms with Crippen molar-refractivity contribution in [2.45, 2.75) is 25.9 Å². The number of alkyl halides is 3. The fourth-order valence-electron chi connectivity index (χ4n) is 2.82. The van der Waals surface area contributed by atoms with Crippen LogP contribution in [0.5, 0.6) is 0 Å². The van der Waals surface area contributed by atoms with Gasteiger partial charge in [0.25, 0.3) is 5.91 Å². The summed E-state index contributed by atoms with van der Waals surface area (Å²) in [6, 6.07) is 3.33. The van der Waals surface area contributed by atoms with Gasteiger partial charge in [-0.3, -0.25) is 9.59 Å². The van der Waals surface area contributed by atoms with Crippen molar-refractivity contribution in [2.24, 2.45) is 5.92 Å². The second-order valence-electron chi connectivity index (χ2n) is 5.64. The number of likely N-dealkylation sites (tertiary alicyclic amines) is 1. The number of piperidine rings is 1. The summed E-state index contributed by atoms with van der Waals surface area (Å²) < 4.78 is 37.6. The molecule has 0 spiro atoms. The Hall–Kier alpha value is -1.99. The molecule has 2 rings (SSSR count). The molecule has 1 saturated heterocycles. The predicted molar refractivity (Wildman–Crippen MR) is 77.7 cm³/mol. The van der Waals surface area contributed by atoms with Gasteiger partial charge in [0.15, 0.2) is 0 Å². The first kappa shape index (κ1) is 17.4. The molecule has 0 radical (unpaired) electrons. The third-order valence-corrected chi connectivity index (χ3v) is 3.95. The summed E-state index contributed by atoms with van der Waals surface area (Å²) >= 11 is 0. The van der Waals surface area contributed by atoms with Crippen molar-refractivity contribution in [1.29, 1.82) is 0 Å². The minimum Gasteiger partial charge on any atom is -0.357 e. The highest BCUT2D eigenvalue weighted by Crippen LogP contribution is 2.23. The molecular weight excluding hydrogens is 311 g/mol. The molecule has 8 heteroatoms. The molecule has 2 amide bonds. The molecule has 1 aromatic heterocycles. The van der Waals surface area contributed by atoms with E-state index in [-0.39, 0.29) is 19.0 Å². The maximum absolute atomic E-state index is 12.5. The highest BCUT2D eigenvalue weighted by molar-refractivity contribution is 5.93. The Kier molecular flexibility index (Phi) is 5.33. The monoisotopic (exact) mass is 331 g/mol. The number of carbonyl (C=O) groups is 2. The highest BCUT2D eigenvalue weighted by atomic mass is 19.4. The van der Waals surface area contributed by atoms with Crippen LogP contribution in [0.15, 0.2) is 18.3 Å². The lowest BCUT2D eigenvalue weighted by atomic mass is 9.96. The molecule has 128 valence electrons. The lowest BCUT2D eigenvalue weighted by Gasteiger charge is -2.34. The summed E-state index contributed by atoms with van der Waals surface area (Å²) in [5.74, 6) is -1.34. The number of carbonyl (C=O) groups excluding carboxylic acids is 2. The number of nitrogens with one attached hydrogen (secondary N) is 1. The Morgan fingerprint density at radius 3 is 2.74 bits per heavy atom. The normalized spacial score (nSPS) is 18.8. The minimum atomic E-state index is -4.42. The maximum atomic E-state index is 12.5. The van der Waals surface area contributed by atoms with E-state index >= 15 is 0 Å². The van der Waals surface area contributed by atoms with Crippen LogP contribution >= 0.6 is 0 Å². The number of H-pyrrole nitrogens is 1. The first-order valence-electron chi connectivity index (χ1n) is 7.60. The highest BCUT2D eigenvalue weighted by Gasteiger charge is 2.36. The van der Waals surface area contributed by atoms with Gasteiger partial charge in [-0.1, -0.05) is 0 Å². The number of aromatic nitrogens is 1. The number of halogens is 3. The zero-order chi connectivity index (χ0) is 17.0. The van der Waals surface area contributed by atoms with Crippen molar-refractivity contribution in [1.82, 2.24) is 14.8 Å². The van der Waals surface area contributed by atoms with Crippen LogP contribution in [0, 0.1) is 5.92 Å². The maximum Gasteiger partial charge on any atom is 0.406 e. The van der Waals surface area contributed by atoms with Crippen molar-refractivity contribution in [3.63, 3.8) is 0 Å². The molecular formula is C15H20F3N3O2. The molecule has 1 aliphatic rings. The number of hydrogen-bond donors (Lipinski definition) is 1. The molecule has 1 N–H and O–H groups in total. The quantitative estimate of drug-likeness (QED) is 0.920. The number of rotatable bonds is 4. The SMILES string of the molecule is CCN(CC(F)(F)F)C(=O)C1CCCN(C(=O)c2ccc[nH]2)C1. The molecule has 23 heavy (non-hydrogen) atoms. The van der Waals surface area contributed by atoms with Gasteiger partial charge in [-0.15, -0.1) is 0 Å². The van der Waals surface area contributed by atoms with Crippen LogP contribution in [0.4, 0.5) is 13.2 Å². The van der Waals surface area contributed by atoms with Gasteiger partial charge in [-0.25, -0.2) is 0 Å². The average molecular weight is 331 g/mol. The summed E-state index contributed by atoms with van der Waals surface area (Å²) in [5, 5.41) is 0. The van der Waals surface area contributed by atoms with Crippen molar-refractivity contribution >= 4 is 11.8 Å². The summed E-state index contributed by atoms with van der Waals surface area (Å²) in [6.07, 6.45) is -1.68. The smallest absolute Gasteiger partial charge is 0.357 e. The summed E-state index contributed by atoms with van der Waals surface area (Å²) in [7, 11) is 0. The Morgan fingerprint density at radius 1 is 1.43 bits per heavy atom. The summed E-state index contributed by atoms with van der Waals surface area (Å²) in [5.41, 5.74) is 0.417. The second-order valence-corrected chi connectivity index (χ2v) is 5.64. The van der Waals surface area contributed by atoms with Crippen molar-refractivity contribution < 1.29 is 22.8 Å². The van der Waals surface area contributed by atoms with Gasteiger partial charge >= 0.3 is 6.18 Å². The predicted octanol–water partition coefficient (Wildman–Crippen LogP) is 2.28. The van der Waals surface area contributed by atoms with Crippen LogP contribution < -0.4 is 0 Å². The Balaban J connectivity index is 2.02. The molecule has 0 bridgehead atoms. The molecule has 1 aromatic rings. The molecule has 0 saturated carbocycles. The van der Waals surface area contributed by atoms with E-state index in [9.17, 15) is 22.8 Å². The largest absolute Gasteiger partial charge is 0.406 e. The Bertz CT molecular complexity index is 543. The van der Waals surface area contributed by atoms with Crippen LogP contribution in [0.1, 0.15) is 30.3 Å². The number of nitrogens with zero attached hydrogens (tertiary/aromatic N) is 2. The van der Waals surface area contributed by atoms with E-state index in [1.807, 2.05) is 0 Å². The molecule has 5 nitrogen and oxygen atoms in total. The van der Waals surface area contributed by atoms with E-state index in [4.69, 9.17) is 0 Å². The van der Waals surface area contributed by atoms with E-state index in [2.05, 4.69) is 4.98 Å². The number of aromatic amines is 1. The number of amides is 2. The molecule has 1 unspecified atom stereocenters. The van der Waals surface area contributed by atoms with Crippen LogP contribution in [0.3, 0.4) is 0 Å². The van der Waals surface area contributed by atoms with Gasteiger partial charge in [0, 0.05) is 25.8 Å². The van der Waals surface area contributed by atoms with Crippen LogP contribution in [-0.4, -0.2) is 59.0 Å². The molecule has 1 aliphatic heterocycles. The summed E-state index contributed by atoms with van der Waals surface area (Å²) in [4.78, 5) is 29.8. The zero-order valence-electron chi connectivity index (χ0n) is 12.9. The fourth-order valence-corrected chi connectivity index (χ4v) is 2.82. The van der Waals surface area contributed by atoms with Gasteiger partial charge in [-0.05, 0) is 31.9 Å². The molecule has 0 aromatic carbocycles. The third-order valence-electron chi connectivity index (χ3n) is 3.95. The van der Waals surface area contributed by atoms with E-state index in [0.29, 0.717) is 25.1 Å². The standard InChI is InChI=1S/C15H20F3N3O2/c1-2-20(10-15(16,17)18)13(22)11-5-4-8-21(9-11)14(23)12-6-3-7-19-12/h3,6-7,11,19H,2,4-5,8-10H2,1H3. The second kappa shape index (κ2) is 7.06. The minimum absolute atomic E-state index is 0.000577. The van der Waals surface area contributed by atoms with Crippen molar-refractivity contribution in [2.75, 3.05) is 26.2 Å². The molecule has 1 fully saturated rings. The fraction of sp³-hybridized carbons (Fsp3) is 0.600. The lowest BCUT2D eigenvalue weighted by molar-refractivity contribution is -0.164. The van der Waals surface area contributed by atoms with Crippen molar-refractivity contribution in [3.8, 4) is 0 Å². The van der Waals surface area contributed by atoms with Gasteiger partial charge in [-0.2, -0.15) is 13.2 Å². The molecule has 0 aliphatic carbocycles.